The van der Waals surface area contributed by atoms with Crippen LogP contribution in [-0.4, -0.2) is 48.3 Å². The molecule has 2 heterocycles. The Labute approximate surface area is 160 Å². The van der Waals surface area contributed by atoms with Crippen molar-refractivity contribution in [3.63, 3.8) is 0 Å². The van der Waals surface area contributed by atoms with E-state index in [-0.39, 0.29) is 23.5 Å². The molecule has 1 saturated heterocycles. The number of aromatic nitrogens is 1. The third-order valence-electron chi connectivity index (χ3n) is 4.91. The van der Waals surface area contributed by atoms with Crippen molar-refractivity contribution < 1.29 is 13.2 Å². The average Bonchev–Trinajstić information content (AvgIpc) is 2.98. The highest BCUT2D eigenvalue weighted by atomic mass is 32.2. The van der Waals surface area contributed by atoms with Crippen LogP contribution in [0.3, 0.4) is 0 Å². The number of benzene rings is 1. The monoisotopic (exact) mass is 387 g/mol. The normalized spacial score (nSPS) is 18.3. The summed E-state index contributed by atoms with van der Waals surface area (Å²) < 4.78 is 23.6. The van der Waals surface area contributed by atoms with Gasteiger partial charge in [-0.1, -0.05) is 12.1 Å². The fourth-order valence-electron chi connectivity index (χ4n) is 3.40. The van der Waals surface area contributed by atoms with Gasteiger partial charge in [-0.2, -0.15) is 0 Å². The predicted octanol–water partition coefficient (Wildman–Crippen LogP) is 3.09. The molecule has 0 spiro atoms. The molecule has 1 N–H and O–H groups in total. The van der Waals surface area contributed by atoms with E-state index in [2.05, 4.69) is 10.3 Å². The highest BCUT2D eigenvalue weighted by Crippen LogP contribution is 2.23. The summed E-state index contributed by atoms with van der Waals surface area (Å²) in [5, 5.41) is 3.27. The van der Waals surface area contributed by atoms with Crippen molar-refractivity contribution in [2.45, 2.75) is 33.2 Å². The minimum absolute atomic E-state index is 0.0469. The lowest BCUT2D eigenvalue weighted by Crippen LogP contribution is -2.41. The molecule has 27 heavy (non-hydrogen) atoms. The predicted molar refractivity (Wildman–Crippen MR) is 107 cm³/mol. The van der Waals surface area contributed by atoms with Crippen LogP contribution in [0, 0.1) is 13.8 Å². The van der Waals surface area contributed by atoms with Crippen LogP contribution in [0.4, 0.5) is 11.5 Å². The number of nitrogens with zero attached hydrogens (tertiary/aromatic N) is 2. The van der Waals surface area contributed by atoms with Gasteiger partial charge < -0.3 is 10.2 Å². The van der Waals surface area contributed by atoms with Gasteiger partial charge in [-0.3, -0.25) is 4.79 Å². The summed E-state index contributed by atoms with van der Waals surface area (Å²) in [6.45, 7) is 6.38. The largest absolute Gasteiger partial charge is 0.340 e. The Kier molecular flexibility index (Phi) is 5.51. The van der Waals surface area contributed by atoms with E-state index >= 15 is 0 Å². The van der Waals surface area contributed by atoms with Crippen LogP contribution >= 0.6 is 0 Å². The average molecular weight is 388 g/mol. The number of hydrogen-bond donors (Lipinski definition) is 1. The Balaban J connectivity index is 1.81. The molecule has 1 aliphatic rings. The van der Waals surface area contributed by atoms with Crippen LogP contribution in [0.5, 0.6) is 0 Å². The molecule has 1 aliphatic heterocycles. The lowest BCUT2D eigenvalue weighted by Gasteiger charge is -2.27. The zero-order chi connectivity index (χ0) is 19.6. The van der Waals surface area contributed by atoms with E-state index in [1.165, 1.54) is 0 Å². The van der Waals surface area contributed by atoms with Crippen molar-refractivity contribution in [1.29, 1.82) is 0 Å². The SMILES string of the molecule is CCN(C(=O)c1ccnc(Nc2cc(C)ccc2C)c1)C1CCS(=O)(=O)C1. The van der Waals surface area contributed by atoms with Crippen LogP contribution in [0.25, 0.3) is 0 Å². The number of amides is 1. The first-order valence-electron chi connectivity index (χ1n) is 9.11. The van der Waals surface area contributed by atoms with Crippen molar-refractivity contribution in [2.75, 3.05) is 23.4 Å². The van der Waals surface area contributed by atoms with Crippen molar-refractivity contribution in [3.8, 4) is 0 Å². The van der Waals surface area contributed by atoms with Crippen molar-refractivity contribution in [3.05, 3.63) is 53.2 Å². The molecule has 0 radical (unpaired) electrons. The van der Waals surface area contributed by atoms with E-state index in [9.17, 15) is 13.2 Å². The molecule has 1 atom stereocenters. The fraction of sp³-hybridized carbons (Fsp3) is 0.400. The van der Waals surface area contributed by atoms with Crippen molar-refractivity contribution in [1.82, 2.24) is 9.88 Å². The van der Waals surface area contributed by atoms with Gasteiger partial charge in [0.05, 0.1) is 11.5 Å². The maximum atomic E-state index is 13.0. The quantitative estimate of drug-likeness (QED) is 0.853. The Morgan fingerprint density at radius 1 is 1.26 bits per heavy atom. The second kappa shape index (κ2) is 7.68. The molecule has 0 bridgehead atoms. The van der Waals surface area contributed by atoms with Gasteiger partial charge in [-0.25, -0.2) is 13.4 Å². The Bertz CT molecular complexity index is 957. The Morgan fingerprint density at radius 3 is 2.70 bits per heavy atom. The van der Waals surface area contributed by atoms with Gasteiger partial charge in [0.2, 0.25) is 0 Å². The maximum absolute atomic E-state index is 13.0. The van der Waals surface area contributed by atoms with Gasteiger partial charge in [0.15, 0.2) is 9.84 Å². The molecule has 6 nitrogen and oxygen atoms in total. The summed E-state index contributed by atoms with van der Waals surface area (Å²) in [5.41, 5.74) is 3.67. The molecule has 1 amide bonds. The molecule has 1 unspecified atom stereocenters. The van der Waals surface area contributed by atoms with Gasteiger partial charge in [-0.15, -0.1) is 0 Å². The van der Waals surface area contributed by atoms with Crippen molar-refractivity contribution in [2.24, 2.45) is 0 Å². The molecule has 1 aromatic carbocycles. The molecule has 144 valence electrons. The first-order valence-corrected chi connectivity index (χ1v) is 10.9. The van der Waals surface area contributed by atoms with Gasteiger partial charge in [0, 0.05) is 30.0 Å². The number of pyridine rings is 1. The molecule has 7 heteroatoms. The summed E-state index contributed by atoms with van der Waals surface area (Å²) in [6.07, 6.45) is 2.10. The Morgan fingerprint density at radius 2 is 2.04 bits per heavy atom. The minimum Gasteiger partial charge on any atom is -0.340 e. The number of sulfone groups is 1. The smallest absolute Gasteiger partial charge is 0.254 e. The van der Waals surface area contributed by atoms with E-state index < -0.39 is 9.84 Å². The first-order chi connectivity index (χ1) is 12.8. The molecular weight excluding hydrogens is 362 g/mol. The van der Waals surface area contributed by atoms with Gasteiger partial charge in [0.25, 0.3) is 5.91 Å². The highest BCUT2D eigenvalue weighted by Gasteiger charge is 2.34. The minimum atomic E-state index is -3.04. The topological polar surface area (TPSA) is 79.4 Å². The van der Waals surface area contributed by atoms with E-state index in [0.29, 0.717) is 24.3 Å². The number of carbonyl (C=O) groups is 1. The third-order valence-corrected chi connectivity index (χ3v) is 6.66. The standard InChI is InChI=1S/C20H25N3O3S/c1-4-23(17-8-10-27(25,26)13-17)20(24)16-7-9-21-19(12-16)22-18-11-14(2)5-6-15(18)3/h5-7,9,11-12,17H,4,8,10,13H2,1-3H3,(H,21,22). The van der Waals surface area contributed by atoms with E-state index in [0.717, 1.165) is 16.8 Å². The lowest BCUT2D eigenvalue weighted by molar-refractivity contribution is 0.0708. The number of aryl methyl sites for hydroxylation is 2. The second-order valence-corrected chi connectivity index (χ2v) is 9.25. The number of nitrogens with one attached hydrogen (secondary N) is 1. The molecular formula is C20H25N3O3S. The molecule has 3 rings (SSSR count). The lowest BCUT2D eigenvalue weighted by atomic mass is 10.1. The maximum Gasteiger partial charge on any atom is 0.254 e. The zero-order valence-corrected chi connectivity index (χ0v) is 16.7. The molecule has 0 aliphatic carbocycles. The highest BCUT2D eigenvalue weighted by molar-refractivity contribution is 7.91. The first kappa shape index (κ1) is 19.4. The van der Waals surface area contributed by atoms with Crippen LogP contribution in [0.15, 0.2) is 36.5 Å². The Hall–Kier alpha value is -2.41. The van der Waals surface area contributed by atoms with Gasteiger partial charge in [0.1, 0.15) is 5.82 Å². The molecule has 2 aromatic rings. The van der Waals surface area contributed by atoms with E-state index in [1.807, 2.05) is 39.0 Å². The third kappa shape index (κ3) is 4.47. The van der Waals surface area contributed by atoms with Gasteiger partial charge in [-0.05, 0) is 56.5 Å². The molecule has 1 fully saturated rings. The van der Waals surface area contributed by atoms with Crippen LogP contribution in [0.2, 0.25) is 0 Å². The van der Waals surface area contributed by atoms with Gasteiger partial charge >= 0.3 is 0 Å². The van der Waals surface area contributed by atoms with Crippen LogP contribution in [-0.2, 0) is 9.84 Å². The second-order valence-electron chi connectivity index (χ2n) is 7.02. The van der Waals surface area contributed by atoms with Crippen LogP contribution in [0.1, 0.15) is 34.8 Å². The number of anilines is 2. The van der Waals surface area contributed by atoms with E-state index in [4.69, 9.17) is 0 Å². The number of carbonyl (C=O) groups excluding carboxylic acids is 1. The summed E-state index contributed by atoms with van der Waals surface area (Å²) in [5.74, 6) is 0.623. The number of hydrogen-bond acceptors (Lipinski definition) is 5. The summed E-state index contributed by atoms with van der Waals surface area (Å²) >= 11 is 0. The summed E-state index contributed by atoms with van der Waals surface area (Å²) in [6, 6.07) is 9.25. The van der Waals surface area contributed by atoms with E-state index in [1.54, 1.807) is 23.2 Å². The fourth-order valence-corrected chi connectivity index (χ4v) is 5.13. The zero-order valence-electron chi connectivity index (χ0n) is 15.9. The molecule has 1 aromatic heterocycles. The summed E-state index contributed by atoms with van der Waals surface area (Å²) in [7, 11) is -3.04. The summed E-state index contributed by atoms with van der Waals surface area (Å²) in [4.78, 5) is 18.9. The number of rotatable bonds is 5. The molecule has 0 saturated carbocycles. The van der Waals surface area contributed by atoms with Crippen molar-refractivity contribution >= 4 is 27.2 Å². The van der Waals surface area contributed by atoms with Crippen LogP contribution < -0.4 is 5.32 Å².